The first-order valence-electron chi connectivity index (χ1n) is 3.97. The Bertz CT molecular complexity index is 287. The summed E-state index contributed by atoms with van der Waals surface area (Å²) in [4.78, 5) is 11.0. The molecule has 1 saturated heterocycles. The van der Waals surface area contributed by atoms with E-state index in [-0.39, 0.29) is 30.0 Å². The van der Waals surface area contributed by atoms with E-state index in [2.05, 4.69) is 10.7 Å². The maximum Gasteiger partial charge on any atom is 0.235 e. The van der Waals surface area contributed by atoms with Crippen LogP contribution in [0.15, 0.2) is 0 Å². The lowest BCUT2D eigenvalue weighted by atomic mass is 10.2. The highest BCUT2D eigenvalue weighted by Crippen LogP contribution is 2.10. The molecule has 0 aliphatic carbocycles. The van der Waals surface area contributed by atoms with Gasteiger partial charge in [0.1, 0.15) is 0 Å². The lowest BCUT2D eigenvalue weighted by molar-refractivity contribution is -0.120. The van der Waals surface area contributed by atoms with Crippen molar-refractivity contribution in [2.75, 3.05) is 18.1 Å². The van der Waals surface area contributed by atoms with E-state index in [0.29, 0.717) is 6.42 Å². The number of amides is 1. The lowest BCUT2D eigenvalue weighted by Gasteiger charge is -2.09. The molecule has 1 atom stereocenters. The van der Waals surface area contributed by atoms with Gasteiger partial charge in [-0.25, -0.2) is 8.42 Å². The molecule has 0 aromatic carbocycles. The number of carbonyl (C=O) groups is 1. The normalized spacial score (nSPS) is 25.8. The van der Waals surface area contributed by atoms with Gasteiger partial charge in [0.05, 0.1) is 18.1 Å². The van der Waals surface area contributed by atoms with Crippen molar-refractivity contribution in [3.63, 3.8) is 0 Å². The summed E-state index contributed by atoms with van der Waals surface area (Å²) in [6.07, 6.45) is 0.499. The van der Waals surface area contributed by atoms with Gasteiger partial charge in [-0.1, -0.05) is 0 Å². The van der Waals surface area contributed by atoms with Crippen LogP contribution in [0.2, 0.25) is 0 Å². The zero-order valence-corrected chi connectivity index (χ0v) is 7.93. The molecule has 1 heterocycles. The van der Waals surface area contributed by atoms with Crippen molar-refractivity contribution in [2.45, 2.75) is 12.5 Å². The molecule has 1 fully saturated rings. The van der Waals surface area contributed by atoms with E-state index in [9.17, 15) is 13.2 Å². The second kappa shape index (κ2) is 4.03. The molecule has 4 N–H and O–H groups in total. The molecule has 0 aromatic heterocycles. The molecule has 0 aromatic rings. The molecule has 1 amide bonds. The van der Waals surface area contributed by atoms with Crippen LogP contribution in [0, 0.1) is 0 Å². The second-order valence-corrected chi connectivity index (χ2v) is 5.28. The fourth-order valence-electron chi connectivity index (χ4n) is 1.28. The number of hydrogen-bond donors (Lipinski definition) is 3. The molecule has 1 aliphatic heterocycles. The van der Waals surface area contributed by atoms with Crippen LogP contribution in [0.25, 0.3) is 0 Å². The first-order chi connectivity index (χ1) is 6.03. The summed E-state index contributed by atoms with van der Waals surface area (Å²) < 4.78 is 22.0. The fraction of sp³-hybridized carbons (Fsp3) is 0.833. The molecule has 7 heteroatoms. The van der Waals surface area contributed by atoms with E-state index in [1.54, 1.807) is 0 Å². The summed E-state index contributed by atoms with van der Waals surface area (Å²) in [6, 6.07) is -0.245. The smallest absolute Gasteiger partial charge is 0.235 e. The first kappa shape index (κ1) is 10.4. The molecule has 6 nitrogen and oxygen atoms in total. The van der Waals surface area contributed by atoms with Crippen LogP contribution < -0.4 is 16.6 Å². The SMILES string of the molecule is NNCC(=O)NC1CCS(=O)(=O)C1. The number of hydrazine groups is 1. The van der Waals surface area contributed by atoms with Crippen molar-refractivity contribution in [3.05, 3.63) is 0 Å². The Labute approximate surface area is 76.8 Å². The lowest BCUT2D eigenvalue weighted by Crippen LogP contribution is -2.42. The third kappa shape index (κ3) is 3.29. The molecule has 1 unspecified atom stereocenters. The van der Waals surface area contributed by atoms with E-state index in [1.165, 1.54) is 0 Å². The number of nitrogens with two attached hydrogens (primary N) is 1. The van der Waals surface area contributed by atoms with Gasteiger partial charge in [0.2, 0.25) is 5.91 Å². The Kier molecular flexibility index (Phi) is 3.23. The number of nitrogens with one attached hydrogen (secondary N) is 2. The topological polar surface area (TPSA) is 101 Å². The minimum atomic E-state index is -2.92. The maximum atomic E-state index is 11.0. The summed E-state index contributed by atoms with van der Waals surface area (Å²) in [5, 5.41) is 2.57. The summed E-state index contributed by atoms with van der Waals surface area (Å²) in [5.41, 5.74) is 2.20. The highest BCUT2D eigenvalue weighted by molar-refractivity contribution is 7.91. The summed E-state index contributed by atoms with van der Waals surface area (Å²) in [6.45, 7) is 0.0105. The minimum Gasteiger partial charge on any atom is -0.351 e. The van der Waals surface area contributed by atoms with Gasteiger partial charge in [-0.2, -0.15) is 0 Å². The number of sulfone groups is 1. The first-order valence-corrected chi connectivity index (χ1v) is 5.79. The number of hydrogen-bond acceptors (Lipinski definition) is 5. The zero-order valence-electron chi connectivity index (χ0n) is 7.12. The van der Waals surface area contributed by atoms with Gasteiger partial charge >= 0.3 is 0 Å². The zero-order chi connectivity index (χ0) is 9.90. The largest absolute Gasteiger partial charge is 0.351 e. The molecular weight excluding hydrogens is 194 g/mol. The van der Waals surface area contributed by atoms with Crippen molar-refractivity contribution in [3.8, 4) is 0 Å². The van der Waals surface area contributed by atoms with Crippen molar-refractivity contribution < 1.29 is 13.2 Å². The van der Waals surface area contributed by atoms with Gasteiger partial charge in [0.25, 0.3) is 0 Å². The van der Waals surface area contributed by atoms with Crippen LogP contribution >= 0.6 is 0 Å². The van der Waals surface area contributed by atoms with E-state index in [0.717, 1.165) is 0 Å². The predicted octanol–water partition coefficient (Wildman–Crippen LogP) is -2.25. The van der Waals surface area contributed by atoms with Crippen molar-refractivity contribution >= 4 is 15.7 Å². The molecule has 1 aliphatic rings. The molecule has 0 radical (unpaired) electrons. The van der Waals surface area contributed by atoms with Gasteiger partial charge in [-0.15, -0.1) is 0 Å². The van der Waals surface area contributed by atoms with Crippen LogP contribution in [0.4, 0.5) is 0 Å². The minimum absolute atomic E-state index is 0.0105. The highest BCUT2D eigenvalue weighted by Gasteiger charge is 2.28. The standard InChI is InChI=1S/C6H13N3O3S/c7-8-3-6(10)9-5-1-2-13(11,12)4-5/h5,8H,1-4,7H2,(H,9,10). The van der Waals surface area contributed by atoms with Gasteiger partial charge in [-0.05, 0) is 6.42 Å². The van der Waals surface area contributed by atoms with E-state index < -0.39 is 9.84 Å². The number of carbonyl (C=O) groups excluding carboxylic acids is 1. The molecule has 0 spiro atoms. The Morgan fingerprint density at radius 3 is 2.69 bits per heavy atom. The molecule has 1 rings (SSSR count). The molecule has 76 valence electrons. The maximum absolute atomic E-state index is 11.0. The third-order valence-corrected chi connectivity index (χ3v) is 3.63. The molecule has 0 bridgehead atoms. The van der Waals surface area contributed by atoms with Gasteiger partial charge in [0.15, 0.2) is 9.84 Å². The average Bonchev–Trinajstić information content (AvgIpc) is 2.30. The third-order valence-electron chi connectivity index (χ3n) is 1.86. The quantitative estimate of drug-likeness (QED) is 0.358. The monoisotopic (exact) mass is 207 g/mol. The predicted molar refractivity (Wildman–Crippen MR) is 47.4 cm³/mol. The van der Waals surface area contributed by atoms with Crippen LogP contribution in [0.1, 0.15) is 6.42 Å². The van der Waals surface area contributed by atoms with Crippen LogP contribution in [0.3, 0.4) is 0 Å². The van der Waals surface area contributed by atoms with E-state index in [1.807, 2.05) is 0 Å². The van der Waals surface area contributed by atoms with Gasteiger partial charge < -0.3 is 5.32 Å². The second-order valence-electron chi connectivity index (χ2n) is 3.05. The van der Waals surface area contributed by atoms with Crippen molar-refractivity contribution in [2.24, 2.45) is 5.84 Å². The molecular formula is C6H13N3O3S. The van der Waals surface area contributed by atoms with Gasteiger partial charge in [-0.3, -0.25) is 16.1 Å². The van der Waals surface area contributed by atoms with Crippen LogP contribution in [-0.4, -0.2) is 38.4 Å². The Balaban J connectivity index is 2.36. The van der Waals surface area contributed by atoms with E-state index in [4.69, 9.17) is 5.84 Å². The molecule has 13 heavy (non-hydrogen) atoms. The van der Waals surface area contributed by atoms with Gasteiger partial charge in [0, 0.05) is 6.04 Å². The Morgan fingerprint density at radius 1 is 1.54 bits per heavy atom. The Morgan fingerprint density at radius 2 is 2.23 bits per heavy atom. The van der Waals surface area contributed by atoms with Crippen LogP contribution in [0.5, 0.6) is 0 Å². The Hall–Kier alpha value is -0.660. The van der Waals surface area contributed by atoms with Crippen molar-refractivity contribution in [1.82, 2.24) is 10.7 Å². The summed E-state index contributed by atoms with van der Waals surface area (Å²) in [5.74, 6) is 4.86. The van der Waals surface area contributed by atoms with Crippen molar-refractivity contribution in [1.29, 1.82) is 0 Å². The summed E-state index contributed by atoms with van der Waals surface area (Å²) in [7, 11) is -2.92. The highest BCUT2D eigenvalue weighted by atomic mass is 32.2. The average molecular weight is 207 g/mol. The fourth-order valence-corrected chi connectivity index (χ4v) is 2.95. The van der Waals surface area contributed by atoms with Crippen LogP contribution in [-0.2, 0) is 14.6 Å². The number of rotatable bonds is 3. The summed E-state index contributed by atoms with van der Waals surface area (Å²) >= 11 is 0. The van der Waals surface area contributed by atoms with E-state index >= 15 is 0 Å². The molecule has 0 saturated carbocycles.